The van der Waals surface area contributed by atoms with Gasteiger partial charge in [-0.25, -0.2) is 0 Å². The fourth-order valence-corrected chi connectivity index (χ4v) is 1.17. The van der Waals surface area contributed by atoms with Crippen LogP contribution < -0.4 is 15.8 Å². The predicted octanol–water partition coefficient (Wildman–Crippen LogP) is 1.66. The van der Waals surface area contributed by atoms with Crippen molar-refractivity contribution in [1.29, 1.82) is 0 Å². The van der Waals surface area contributed by atoms with Crippen LogP contribution in [-0.4, -0.2) is 18.8 Å². The Kier molecular flexibility index (Phi) is 4.64. The third-order valence-corrected chi connectivity index (χ3v) is 1.88. The van der Waals surface area contributed by atoms with Crippen molar-refractivity contribution in [3.05, 3.63) is 23.8 Å². The van der Waals surface area contributed by atoms with Gasteiger partial charge in [0.2, 0.25) is 5.91 Å². The molecule has 1 aromatic rings. The summed E-state index contributed by atoms with van der Waals surface area (Å²) in [5, 5.41) is 2.39. The molecule has 1 aromatic carbocycles. The van der Waals surface area contributed by atoms with Crippen molar-refractivity contribution >= 4 is 11.6 Å². The molecule has 7 heteroatoms. The Hall–Kier alpha value is -2.36. The number of ether oxygens (including phenoxy) is 1. The quantitative estimate of drug-likeness (QED) is 0.635. The molecule has 1 rings (SSSR count). The Morgan fingerprint density at radius 3 is 2.74 bits per heavy atom. The lowest BCUT2D eigenvalue weighted by atomic mass is 10.2. The Labute approximate surface area is 107 Å². The normalized spacial score (nSPS) is 10.3. The summed E-state index contributed by atoms with van der Waals surface area (Å²) in [5.41, 5.74) is 5.73. The van der Waals surface area contributed by atoms with Crippen molar-refractivity contribution in [2.45, 2.75) is 13.3 Å². The van der Waals surface area contributed by atoms with Crippen molar-refractivity contribution in [3.8, 4) is 17.6 Å². The summed E-state index contributed by atoms with van der Waals surface area (Å²) in [7, 11) is 0. The molecule has 0 unspecified atom stereocenters. The molecule has 102 valence electrons. The first-order valence-electron chi connectivity index (χ1n) is 5.16. The number of nitrogens with one attached hydrogen (secondary N) is 1. The molecule has 0 heterocycles. The monoisotopic (exact) mass is 272 g/mol. The van der Waals surface area contributed by atoms with E-state index in [-0.39, 0.29) is 23.7 Å². The van der Waals surface area contributed by atoms with E-state index in [0.717, 1.165) is 6.07 Å². The number of carbonyl (C=O) groups is 1. The van der Waals surface area contributed by atoms with Gasteiger partial charge in [-0.3, -0.25) is 4.79 Å². The Morgan fingerprint density at radius 1 is 1.47 bits per heavy atom. The first-order chi connectivity index (χ1) is 8.78. The van der Waals surface area contributed by atoms with Crippen LogP contribution in [0.3, 0.4) is 0 Å². The van der Waals surface area contributed by atoms with E-state index >= 15 is 0 Å². The smallest absolute Gasteiger partial charge is 0.404 e. The number of anilines is 1. The molecule has 4 nitrogen and oxygen atoms in total. The highest BCUT2D eigenvalue weighted by Crippen LogP contribution is 2.27. The highest BCUT2D eigenvalue weighted by molar-refractivity contribution is 5.73. The van der Waals surface area contributed by atoms with Crippen LogP contribution in [0.25, 0.3) is 0 Å². The topological polar surface area (TPSA) is 64.4 Å². The second-order valence-electron chi connectivity index (χ2n) is 3.51. The largest absolute Gasteiger partial charge is 0.573 e. The zero-order chi connectivity index (χ0) is 14.5. The maximum absolute atomic E-state index is 12.2. The van der Waals surface area contributed by atoms with Crippen molar-refractivity contribution < 1.29 is 22.7 Å². The van der Waals surface area contributed by atoms with Crippen LogP contribution in [0.1, 0.15) is 12.5 Å². The second-order valence-corrected chi connectivity index (χ2v) is 3.51. The predicted molar refractivity (Wildman–Crippen MR) is 63.1 cm³/mol. The first-order valence-corrected chi connectivity index (χ1v) is 5.16. The van der Waals surface area contributed by atoms with Gasteiger partial charge in [-0.2, -0.15) is 0 Å². The summed E-state index contributed by atoms with van der Waals surface area (Å²) in [6.07, 6.45) is -4.80. The van der Waals surface area contributed by atoms with Crippen LogP contribution in [0.5, 0.6) is 5.75 Å². The van der Waals surface area contributed by atoms with Crippen LogP contribution in [0.15, 0.2) is 18.2 Å². The first kappa shape index (κ1) is 14.7. The summed E-state index contributed by atoms with van der Waals surface area (Å²) >= 11 is 0. The molecule has 0 aliphatic heterocycles. The lowest BCUT2D eigenvalue weighted by Gasteiger charge is -2.10. The number of carbonyl (C=O) groups excluding carboxylic acids is 1. The number of benzene rings is 1. The van der Waals surface area contributed by atoms with E-state index in [1.165, 1.54) is 19.1 Å². The van der Waals surface area contributed by atoms with Gasteiger partial charge in [0.1, 0.15) is 5.75 Å². The molecule has 19 heavy (non-hydrogen) atoms. The van der Waals surface area contributed by atoms with E-state index in [1.807, 2.05) is 0 Å². The average molecular weight is 272 g/mol. The van der Waals surface area contributed by atoms with E-state index in [1.54, 1.807) is 0 Å². The van der Waals surface area contributed by atoms with Gasteiger partial charge in [-0.05, 0) is 18.2 Å². The molecular weight excluding hydrogens is 261 g/mol. The van der Waals surface area contributed by atoms with Crippen LogP contribution in [-0.2, 0) is 4.79 Å². The highest BCUT2D eigenvalue weighted by Gasteiger charge is 2.31. The molecule has 0 bridgehead atoms. The molecule has 0 aromatic heterocycles. The molecule has 0 atom stereocenters. The lowest BCUT2D eigenvalue weighted by molar-refractivity contribution is -0.274. The molecular formula is C12H11F3N2O2. The van der Waals surface area contributed by atoms with Gasteiger partial charge in [0.15, 0.2) is 0 Å². The number of hydrogen-bond donors (Lipinski definition) is 2. The maximum atomic E-state index is 12.2. The Morgan fingerprint density at radius 2 is 2.16 bits per heavy atom. The van der Waals surface area contributed by atoms with Crippen molar-refractivity contribution in [2.75, 3.05) is 12.3 Å². The van der Waals surface area contributed by atoms with Crippen molar-refractivity contribution in [3.63, 3.8) is 0 Å². The second kappa shape index (κ2) is 6.00. The molecule has 0 saturated heterocycles. The number of amides is 1. The summed E-state index contributed by atoms with van der Waals surface area (Å²) in [5.74, 6) is 4.25. The SMILES string of the molecule is CC(=O)NCC#Cc1cc(N)ccc1OC(F)(F)F. The lowest BCUT2D eigenvalue weighted by Crippen LogP contribution is -2.19. The summed E-state index contributed by atoms with van der Waals surface area (Å²) in [6.45, 7) is 1.33. The number of nitrogen functional groups attached to an aromatic ring is 1. The average Bonchev–Trinajstić information content (AvgIpc) is 2.26. The van der Waals surface area contributed by atoms with Gasteiger partial charge in [0.25, 0.3) is 0 Å². The van der Waals surface area contributed by atoms with Crippen LogP contribution in [0.2, 0.25) is 0 Å². The fraction of sp³-hybridized carbons (Fsp3) is 0.250. The molecule has 3 N–H and O–H groups in total. The molecule has 0 aliphatic carbocycles. The minimum atomic E-state index is -4.80. The zero-order valence-corrected chi connectivity index (χ0v) is 9.97. The number of rotatable bonds is 2. The molecule has 0 radical (unpaired) electrons. The van der Waals surface area contributed by atoms with E-state index in [4.69, 9.17) is 5.73 Å². The van der Waals surface area contributed by atoms with Gasteiger partial charge in [0, 0.05) is 12.6 Å². The van der Waals surface area contributed by atoms with E-state index in [2.05, 4.69) is 21.9 Å². The molecule has 0 saturated carbocycles. The van der Waals surface area contributed by atoms with Crippen LogP contribution in [0.4, 0.5) is 18.9 Å². The third-order valence-electron chi connectivity index (χ3n) is 1.88. The minimum absolute atomic E-state index is 0.00248. The van der Waals surface area contributed by atoms with Gasteiger partial charge >= 0.3 is 6.36 Å². The Bertz CT molecular complexity index is 530. The maximum Gasteiger partial charge on any atom is 0.573 e. The van der Waals surface area contributed by atoms with Gasteiger partial charge in [-0.1, -0.05) is 11.8 Å². The number of alkyl halides is 3. The molecule has 0 spiro atoms. The minimum Gasteiger partial charge on any atom is -0.404 e. The van der Waals surface area contributed by atoms with Gasteiger partial charge < -0.3 is 15.8 Å². The number of hydrogen-bond acceptors (Lipinski definition) is 3. The van der Waals surface area contributed by atoms with E-state index in [9.17, 15) is 18.0 Å². The highest BCUT2D eigenvalue weighted by atomic mass is 19.4. The fourth-order valence-electron chi connectivity index (χ4n) is 1.17. The van der Waals surface area contributed by atoms with Gasteiger partial charge in [0.05, 0.1) is 12.1 Å². The third kappa shape index (κ3) is 5.68. The van der Waals surface area contributed by atoms with Crippen LogP contribution in [0, 0.1) is 11.8 Å². The molecule has 1 amide bonds. The molecule has 0 fully saturated rings. The standard InChI is InChI=1S/C12H11F3N2O2/c1-8(18)17-6-2-3-9-7-10(16)4-5-11(9)19-12(13,14)15/h4-5,7H,6,16H2,1H3,(H,17,18). The van der Waals surface area contributed by atoms with Crippen molar-refractivity contribution in [2.24, 2.45) is 0 Å². The Balaban J connectivity index is 2.91. The van der Waals surface area contributed by atoms with E-state index < -0.39 is 12.1 Å². The van der Waals surface area contributed by atoms with Gasteiger partial charge in [-0.15, -0.1) is 13.2 Å². The number of nitrogens with two attached hydrogens (primary N) is 1. The number of halogens is 3. The zero-order valence-electron chi connectivity index (χ0n) is 9.97. The van der Waals surface area contributed by atoms with Crippen molar-refractivity contribution in [1.82, 2.24) is 5.32 Å². The molecule has 0 aliphatic rings. The van der Waals surface area contributed by atoms with E-state index in [0.29, 0.717) is 0 Å². The summed E-state index contributed by atoms with van der Waals surface area (Å²) in [6, 6.07) is 3.63. The summed E-state index contributed by atoms with van der Waals surface area (Å²) in [4.78, 5) is 10.6. The van der Waals surface area contributed by atoms with Crippen LogP contribution >= 0.6 is 0 Å². The summed E-state index contributed by atoms with van der Waals surface area (Å²) < 4.78 is 40.3.